The van der Waals surface area contributed by atoms with E-state index >= 15 is 0 Å². The van der Waals surface area contributed by atoms with Crippen LogP contribution in [-0.4, -0.2) is 41.5 Å². The Bertz CT molecular complexity index is 1140. The minimum absolute atomic E-state index is 0.0679. The maximum Gasteiger partial charge on any atom is 0.387 e. The lowest BCUT2D eigenvalue weighted by molar-refractivity contribution is -0.121. The van der Waals surface area contributed by atoms with Crippen LogP contribution >= 0.6 is 11.3 Å². The highest BCUT2D eigenvalue weighted by Crippen LogP contribution is 2.32. The highest BCUT2D eigenvalue weighted by atomic mass is 32.1. The van der Waals surface area contributed by atoms with E-state index in [9.17, 15) is 18.4 Å². The SMILES string of the molecule is Cc1sc(NC(=O)C2CCCN(C(=O)Nc3ccccc3)C2)nc1-c1ccc(OC(F)F)cc1. The maximum absolute atomic E-state index is 12.9. The van der Waals surface area contributed by atoms with Crippen molar-refractivity contribution in [2.24, 2.45) is 5.92 Å². The Morgan fingerprint density at radius 1 is 1.12 bits per heavy atom. The smallest absolute Gasteiger partial charge is 0.387 e. The molecule has 0 bridgehead atoms. The lowest BCUT2D eigenvalue weighted by atomic mass is 9.97. The number of piperidine rings is 1. The number of aryl methyl sites for hydroxylation is 1. The summed E-state index contributed by atoms with van der Waals surface area (Å²) in [5.41, 5.74) is 2.10. The number of urea groups is 1. The standard InChI is InChI=1S/C24H24F2N4O3S/c1-15-20(16-9-11-19(12-10-16)33-22(25)26)28-23(34-15)29-21(31)17-6-5-13-30(14-17)24(32)27-18-7-3-2-4-8-18/h2-4,7-12,17,22H,5-6,13-14H2,1H3,(H,27,32)(H,28,29,31). The molecule has 0 saturated carbocycles. The molecule has 178 valence electrons. The van der Waals surface area contributed by atoms with Crippen molar-refractivity contribution in [2.45, 2.75) is 26.4 Å². The van der Waals surface area contributed by atoms with Crippen molar-refractivity contribution in [3.05, 3.63) is 59.5 Å². The fourth-order valence-electron chi connectivity index (χ4n) is 3.82. The molecule has 2 aromatic carbocycles. The summed E-state index contributed by atoms with van der Waals surface area (Å²) in [7, 11) is 0. The second-order valence-corrected chi connectivity index (χ2v) is 9.10. The number of amides is 3. The molecule has 1 aliphatic rings. The number of hydrogen-bond acceptors (Lipinski definition) is 5. The van der Waals surface area contributed by atoms with Crippen molar-refractivity contribution in [1.82, 2.24) is 9.88 Å². The molecule has 1 aromatic heterocycles. The van der Waals surface area contributed by atoms with E-state index in [-0.39, 0.29) is 23.6 Å². The van der Waals surface area contributed by atoms with Crippen molar-refractivity contribution in [2.75, 3.05) is 23.7 Å². The summed E-state index contributed by atoms with van der Waals surface area (Å²) in [6, 6.07) is 15.2. The van der Waals surface area contributed by atoms with Gasteiger partial charge < -0.3 is 20.3 Å². The Morgan fingerprint density at radius 2 is 1.85 bits per heavy atom. The van der Waals surface area contributed by atoms with Gasteiger partial charge in [0.2, 0.25) is 5.91 Å². The van der Waals surface area contributed by atoms with Gasteiger partial charge in [0.1, 0.15) is 5.75 Å². The molecule has 2 heterocycles. The molecule has 34 heavy (non-hydrogen) atoms. The van der Waals surface area contributed by atoms with E-state index in [4.69, 9.17) is 0 Å². The molecular formula is C24H24F2N4O3S. The molecule has 1 saturated heterocycles. The van der Waals surface area contributed by atoms with Crippen LogP contribution in [0.4, 0.5) is 24.4 Å². The molecule has 3 aromatic rings. The average molecular weight is 487 g/mol. The van der Waals surface area contributed by atoms with Crippen LogP contribution < -0.4 is 15.4 Å². The summed E-state index contributed by atoms with van der Waals surface area (Å²) in [4.78, 5) is 32.6. The summed E-state index contributed by atoms with van der Waals surface area (Å²) in [5.74, 6) is -0.454. The van der Waals surface area contributed by atoms with Crippen LogP contribution in [0.2, 0.25) is 0 Å². The number of carbonyl (C=O) groups is 2. The number of aromatic nitrogens is 1. The second-order valence-electron chi connectivity index (χ2n) is 7.90. The van der Waals surface area contributed by atoms with Crippen molar-refractivity contribution < 1.29 is 23.1 Å². The van der Waals surface area contributed by atoms with Crippen LogP contribution in [0, 0.1) is 12.8 Å². The first-order chi connectivity index (χ1) is 16.4. The van der Waals surface area contributed by atoms with Gasteiger partial charge in [0, 0.05) is 29.2 Å². The van der Waals surface area contributed by atoms with E-state index in [1.807, 2.05) is 37.3 Å². The number of para-hydroxylation sites is 1. The molecule has 0 spiro atoms. The number of hydrogen-bond donors (Lipinski definition) is 2. The Kier molecular flexibility index (Phi) is 7.36. The van der Waals surface area contributed by atoms with E-state index in [1.54, 1.807) is 17.0 Å². The third-order valence-electron chi connectivity index (χ3n) is 5.48. The second kappa shape index (κ2) is 10.6. The highest BCUT2D eigenvalue weighted by Gasteiger charge is 2.29. The summed E-state index contributed by atoms with van der Waals surface area (Å²) in [6.07, 6.45) is 1.42. The number of alkyl halides is 2. The van der Waals surface area contributed by atoms with Gasteiger partial charge in [-0.1, -0.05) is 18.2 Å². The highest BCUT2D eigenvalue weighted by molar-refractivity contribution is 7.16. The molecular weight excluding hydrogens is 462 g/mol. The van der Waals surface area contributed by atoms with E-state index < -0.39 is 6.61 Å². The number of ether oxygens (including phenoxy) is 1. The molecule has 10 heteroatoms. The monoisotopic (exact) mass is 486 g/mol. The molecule has 1 unspecified atom stereocenters. The zero-order chi connectivity index (χ0) is 24.1. The molecule has 1 fully saturated rings. The Labute approximate surface area is 199 Å². The minimum atomic E-state index is -2.88. The van der Waals surface area contributed by atoms with Crippen molar-refractivity contribution in [1.29, 1.82) is 0 Å². The van der Waals surface area contributed by atoms with Gasteiger partial charge in [-0.25, -0.2) is 9.78 Å². The first-order valence-electron chi connectivity index (χ1n) is 10.8. The average Bonchev–Trinajstić information content (AvgIpc) is 3.19. The Hall–Kier alpha value is -3.53. The minimum Gasteiger partial charge on any atom is -0.435 e. The van der Waals surface area contributed by atoms with E-state index in [2.05, 4.69) is 20.4 Å². The molecule has 3 amide bonds. The Morgan fingerprint density at radius 3 is 2.56 bits per heavy atom. The van der Waals surface area contributed by atoms with Crippen molar-refractivity contribution in [3.63, 3.8) is 0 Å². The lowest BCUT2D eigenvalue weighted by Crippen LogP contribution is -2.45. The molecule has 1 aliphatic heterocycles. The van der Waals surface area contributed by atoms with Gasteiger partial charge in [0.15, 0.2) is 5.13 Å². The quantitative estimate of drug-likeness (QED) is 0.475. The van der Waals surface area contributed by atoms with Gasteiger partial charge in [-0.05, 0) is 56.2 Å². The van der Waals surface area contributed by atoms with Gasteiger partial charge in [-0.3, -0.25) is 4.79 Å². The predicted octanol–water partition coefficient (Wildman–Crippen LogP) is 5.60. The first kappa shape index (κ1) is 23.6. The maximum atomic E-state index is 12.9. The fourth-order valence-corrected chi connectivity index (χ4v) is 4.66. The van der Waals surface area contributed by atoms with Crippen LogP contribution in [0.25, 0.3) is 11.3 Å². The largest absolute Gasteiger partial charge is 0.435 e. The number of benzene rings is 2. The molecule has 0 aliphatic carbocycles. The summed E-state index contributed by atoms with van der Waals surface area (Å²) in [5, 5.41) is 6.19. The van der Waals surface area contributed by atoms with E-state index in [1.165, 1.54) is 23.5 Å². The number of carbonyl (C=O) groups excluding carboxylic acids is 2. The molecule has 4 rings (SSSR count). The van der Waals surface area contributed by atoms with Crippen LogP contribution in [0.1, 0.15) is 17.7 Å². The number of thiazole rings is 1. The predicted molar refractivity (Wildman–Crippen MR) is 127 cm³/mol. The van der Waals surface area contributed by atoms with Gasteiger partial charge in [0.05, 0.1) is 11.6 Å². The van der Waals surface area contributed by atoms with Crippen LogP contribution in [0.5, 0.6) is 5.75 Å². The third kappa shape index (κ3) is 5.88. The number of rotatable bonds is 6. The Balaban J connectivity index is 1.37. The molecule has 0 radical (unpaired) electrons. The molecule has 2 N–H and O–H groups in total. The zero-order valence-corrected chi connectivity index (χ0v) is 19.3. The molecule has 1 atom stereocenters. The van der Waals surface area contributed by atoms with Gasteiger partial charge in [-0.15, -0.1) is 11.3 Å². The van der Waals surface area contributed by atoms with Crippen molar-refractivity contribution in [3.8, 4) is 17.0 Å². The van der Waals surface area contributed by atoms with Gasteiger partial charge in [0.25, 0.3) is 0 Å². The summed E-state index contributed by atoms with van der Waals surface area (Å²) in [6.45, 7) is -0.0851. The van der Waals surface area contributed by atoms with E-state index in [0.717, 1.165) is 16.9 Å². The fraction of sp³-hybridized carbons (Fsp3) is 0.292. The van der Waals surface area contributed by atoms with Gasteiger partial charge in [-0.2, -0.15) is 8.78 Å². The van der Waals surface area contributed by atoms with Crippen molar-refractivity contribution >= 4 is 34.1 Å². The zero-order valence-electron chi connectivity index (χ0n) is 18.5. The van der Waals surface area contributed by atoms with Crippen LogP contribution in [0.15, 0.2) is 54.6 Å². The summed E-state index contributed by atoms with van der Waals surface area (Å²) >= 11 is 1.34. The lowest BCUT2D eigenvalue weighted by Gasteiger charge is -2.31. The number of anilines is 2. The van der Waals surface area contributed by atoms with Crippen LogP contribution in [-0.2, 0) is 4.79 Å². The number of likely N-dealkylation sites (tertiary alicyclic amines) is 1. The normalized spacial score (nSPS) is 15.8. The number of halogens is 2. The van der Waals surface area contributed by atoms with Gasteiger partial charge >= 0.3 is 12.6 Å². The topological polar surface area (TPSA) is 83.6 Å². The molecule has 7 nitrogen and oxygen atoms in total. The number of nitrogens with zero attached hydrogens (tertiary/aromatic N) is 2. The number of nitrogens with one attached hydrogen (secondary N) is 2. The van der Waals surface area contributed by atoms with E-state index in [0.29, 0.717) is 36.0 Å². The summed E-state index contributed by atoms with van der Waals surface area (Å²) < 4.78 is 29.1. The first-order valence-corrected chi connectivity index (χ1v) is 11.6. The third-order valence-corrected chi connectivity index (χ3v) is 6.37. The van der Waals surface area contributed by atoms with Crippen LogP contribution in [0.3, 0.4) is 0 Å².